The zero-order valence-electron chi connectivity index (χ0n) is 17.4. The van der Waals surface area contributed by atoms with E-state index in [0.29, 0.717) is 29.5 Å². The molecule has 2 N–H and O–H groups in total. The van der Waals surface area contributed by atoms with Gasteiger partial charge in [-0.2, -0.15) is 0 Å². The van der Waals surface area contributed by atoms with E-state index >= 15 is 0 Å². The maximum Gasteiger partial charge on any atom is 0.191 e. The minimum Gasteiger partial charge on any atom is -0.379 e. The molecule has 2 saturated carbocycles. The molecule has 4 atom stereocenters. The molecule has 3 heterocycles. The molecule has 2 aliphatic carbocycles. The van der Waals surface area contributed by atoms with Gasteiger partial charge in [0.2, 0.25) is 0 Å². The molecule has 2 saturated heterocycles. The van der Waals surface area contributed by atoms with E-state index in [1.54, 1.807) is 0 Å². The van der Waals surface area contributed by atoms with Crippen LogP contribution in [0.3, 0.4) is 0 Å². The van der Waals surface area contributed by atoms with Gasteiger partial charge in [0.25, 0.3) is 0 Å². The molecule has 0 bridgehead atoms. The highest BCUT2D eigenvalue weighted by molar-refractivity contribution is 7.10. The Balaban J connectivity index is 1.25. The van der Waals surface area contributed by atoms with Crippen LogP contribution in [-0.4, -0.2) is 69.5 Å². The molecule has 0 amide bonds. The Morgan fingerprint density at radius 1 is 1.31 bits per heavy atom. The van der Waals surface area contributed by atoms with Crippen LogP contribution in [0.1, 0.15) is 43.0 Å². The summed E-state index contributed by atoms with van der Waals surface area (Å²) in [5, 5.41) is 9.67. The number of morpholine rings is 1. The first-order valence-corrected chi connectivity index (χ1v) is 12.1. The van der Waals surface area contributed by atoms with Crippen molar-refractivity contribution in [1.82, 2.24) is 15.5 Å². The van der Waals surface area contributed by atoms with E-state index in [0.717, 1.165) is 45.4 Å². The van der Waals surface area contributed by atoms with Crippen LogP contribution in [0.2, 0.25) is 0 Å². The Bertz CT molecular complexity index is 698. The van der Waals surface area contributed by atoms with Crippen LogP contribution >= 0.6 is 11.3 Å². The minimum atomic E-state index is 0.343. The summed E-state index contributed by atoms with van der Waals surface area (Å²) in [7, 11) is 1.90. The lowest BCUT2D eigenvalue weighted by molar-refractivity contribution is -0.125. The predicted octanol–water partition coefficient (Wildman–Crippen LogP) is 2.63. The summed E-state index contributed by atoms with van der Waals surface area (Å²) < 4.78 is 11.7. The van der Waals surface area contributed by atoms with Gasteiger partial charge >= 0.3 is 0 Å². The number of nitrogens with one attached hydrogen (secondary N) is 2. The quantitative estimate of drug-likeness (QED) is 0.569. The third-order valence-electron chi connectivity index (χ3n) is 7.62. The van der Waals surface area contributed by atoms with Crippen LogP contribution in [0.5, 0.6) is 0 Å². The third-order valence-corrected chi connectivity index (χ3v) is 8.60. The highest BCUT2D eigenvalue weighted by atomic mass is 32.1. The second kappa shape index (κ2) is 8.53. The standard InChI is InChI=1S/C22H34N4O2S/c1-23-21(25-19-16-6-11-28-20(16)22(19)7-2-3-8-22)24-15-17(18-5-4-14-29-18)26-9-12-27-13-10-26/h4-5,14,16-17,19-20H,2-3,6-13,15H2,1H3,(H2,23,24,25). The number of thiophene rings is 1. The molecule has 7 heteroatoms. The average molecular weight is 419 g/mol. The van der Waals surface area contributed by atoms with Crippen molar-refractivity contribution in [1.29, 1.82) is 0 Å². The summed E-state index contributed by atoms with van der Waals surface area (Å²) in [6, 6.07) is 5.27. The summed E-state index contributed by atoms with van der Waals surface area (Å²) in [5.74, 6) is 1.60. The monoisotopic (exact) mass is 418 g/mol. The van der Waals surface area contributed by atoms with Gasteiger partial charge in [0.05, 0.1) is 25.4 Å². The lowest BCUT2D eigenvalue weighted by atomic mass is 9.54. The Morgan fingerprint density at radius 3 is 2.86 bits per heavy atom. The molecule has 6 nitrogen and oxygen atoms in total. The van der Waals surface area contributed by atoms with Crippen LogP contribution in [0, 0.1) is 11.3 Å². The van der Waals surface area contributed by atoms with Gasteiger partial charge < -0.3 is 20.1 Å². The Kier molecular flexibility index (Phi) is 5.82. The molecule has 1 aromatic rings. The number of hydrogen-bond donors (Lipinski definition) is 2. The Labute approximate surface area is 178 Å². The zero-order chi connectivity index (χ0) is 19.7. The molecule has 29 heavy (non-hydrogen) atoms. The van der Waals surface area contributed by atoms with Gasteiger partial charge in [0, 0.05) is 55.5 Å². The van der Waals surface area contributed by atoms with Crippen molar-refractivity contribution >= 4 is 17.3 Å². The van der Waals surface area contributed by atoms with Crippen LogP contribution < -0.4 is 10.6 Å². The molecule has 2 aliphatic heterocycles. The average Bonchev–Trinajstić information content (AvgIpc) is 3.52. The van der Waals surface area contributed by atoms with Crippen molar-refractivity contribution in [3.05, 3.63) is 22.4 Å². The van der Waals surface area contributed by atoms with Gasteiger partial charge in [-0.3, -0.25) is 9.89 Å². The molecule has 0 radical (unpaired) electrons. The number of hydrogen-bond acceptors (Lipinski definition) is 5. The van der Waals surface area contributed by atoms with Crippen LogP contribution in [0.4, 0.5) is 0 Å². The van der Waals surface area contributed by atoms with Crippen molar-refractivity contribution in [3.8, 4) is 0 Å². The Morgan fingerprint density at radius 2 is 2.14 bits per heavy atom. The molecule has 1 spiro atoms. The second-order valence-corrected chi connectivity index (χ2v) is 9.92. The number of ether oxygens (including phenoxy) is 2. The highest BCUT2D eigenvalue weighted by Crippen LogP contribution is 2.60. The number of rotatable bonds is 5. The fourth-order valence-corrected chi connectivity index (χ4v) is 7.08. The van der Waals surface area contributed by atoms with Crippen molar-refractivity contribution in [2.24, 2.45) is 16.3 Å². The molecule has 160 valence electrons. The number of nitrogens with zero attached hydrogens (tertiary/aromatic N) is 2. The SMILES string of the molecule is CN=C(NCC(c1cccs1)N1CCOCC1)NC1C2CCOC2C12CCCC2. The third kappa shape index (κ3) is 3.60. The van der Waals surface area contributed by atoms with Crippen molar-refractivity contribution in [3.63, 3.8) is 0 Å². The van der Waals surface area contributed by atoms with Crippen molar-refractivity contribution in [2.45, 2.75) is 50.3 Å². The fourth-order valence-electron chi connectivity index (χ4n) is 6.22. The van der Waals surface area contributed by atoms with E-state index in [1.807, 2.05) is 18.4 Å². The molecular weight excluding hydrogens is 384 g/mol. The maximum atomic E-state index is 6.14. The van der Waals surface area contributed by atoms with Crippen molar-refractivity contribution < 1.29 is 9.47 Å². The molecule has 4 aliphatic rings. The van der Waals surface area contributed by atoms with Gasteiger partial charge in [-0.15, -0.1) is 11.3 Å². The lowest BCUT2D eigenvalue weighted by Crippen LogP contribution is -2.69. The molecule has 4 unspecified atom stereocenters. The van der Waals surface area contributed by atoms with Gasteiger partial charge in [0.15, 0.2) is 5.96 Å². The first-order chi connectivity index (χ1) is 14.3. The molecule has 0 aromatic carbocycles. The fraction of sp³-hybridized carbons (Fsp3) is 0.773. The van der Waals surface area contributed by atoms with Crippen LogP contribution in [0.15, 0.2) is 22.5 Å². The smallest absolute Gasteiger partial charge is 0.191 e. The molecule has 5 rings (SSSR count). The van der Waals surface area contributed by atoms with Crippen molar-refractivity contribution in [2.75, 3.05) is 46.5 Å². The van der Waals surface area contributed by atoms with Gasteiger partial charge in [-0.1, -0.05) is 18.9 Å². The van der Waals surface area contributed by atoms with E-state index in [4.69, 9.17) is 9.47 Å². The van der Waals surface area contributed by atoms with E-state index in [9.17, 15) is 0 Å². The highest BCUT2D eigenvalue weighted by Gasteiger charge is 2.65. The number of guanidine groups is 1. The largest absolute Gasteiger partial charge is 0.379 e. The van der Waals surface area contributed by atoms with E-state index in [-0.39, 0.29) is 0 Å². The summed E-state index contributed by atoms with van der Waals surface area (Å²) in [6.45, 7) is 5.42. The van der Waals surface area contributed by atoms with Crippen LogP contribution in [-0.2, 0) is 9.47 Å². The molecule has 1 aromatic heterocycles. The maximum absolute atomic E-state index is 6.14. The summed E-state index contributed by atoms with van der Waals surface area (Å²) in [6.07, 6.45) is 6.95. The van der Waals surface area contributed by atoms with E-state index in [2.05, 4.69) is 38.0 Å². The molecular formula is C22H34N4O2S. The first kappa shape index (κ1) is 19.8. The summed E-state index contributed by atoms with van der Waals surface area (Å²) >= 11 is 1.84. The van der Waals surface area contributed by atoms with Gasteiger partial charge in [0.1, 0.15) is 0 Å². The zero-order valence-corrected chi connectivity index (χ0v) is 18.3. The Hall–Kier alpha value is -1.15. The summed E-state index contributed by atoms with van der Waals surface area (Å²) in [4.78, 5) is 8.54. The number of fused-ring (bicyclic) bond motifs is 2. The van der Waals surface area contributed by atoms with Crippen LogP contribution in [0.25, 0.3) is 0 Å². The van der Waals surface area contributed by atoms with E-state index in [1.165, 1.54) is 37.0 Å². The normalized spacial score (nSPS) is 32.7. The first-order valence-electron chi connectivity index (χ1n) is 11.3. The number of aliphatic imine (C=N–C) groups is 1. The van der Waals surface area contributed by atoms with Gasteiger partial charge in [-0.05, 0) is 30.7 Å². The second-order valence-electron chi connectivity index (χ2n) is 8.94. The lowest BCUT2D eigenvalue weighted by Gasteiger charge is -2.57. The molecule has 4 fully saturated rings. The van der Waals surface area contributed by atoms with Gasteiger partial charge in [-0.25, -0.2) is 0 Å². The topological polar surface area (TPSA) is 58.1 Å². The van der Waals surface area contributed by atoms with E-state index < -0.39 is 0 Å². The minimum absolute atomic E-state index is 0.343. The summed E-state index contributed by atoms with van der Waals surface area (Å²) in [5.41, 5.74) is 0.343. The predicted molar refractivity (Wildman–Crippen MR) is 116 cm³/mol.